The zero-order chi connectivity index (χ0) is 18.2. The van der Waals surface area contributed by atoms with Gasteiger partial charge in [-0.25, -0.2) is 0 Å². The van der Waals surface area contributed by atoms with Crippen LogP contribution in [0.25, 0.3) is 0 Å². The van der Waals surface area contributed by atoms with Gasteiger partial charge in [0.2, 0.25) is 5.91 Å². The van der Waals surface area contributed by atoms with Crippen molar-refractivity contribution in [2.75, 3.05) is 30.9 Å². The molecule has 2 aromatic rings. The number of rotatable bonds is 7. The number of carbonyl (C=O) groups excluding carboxylic acids is 2. The van der Waals surface area contributed by atoms with Gasteiger partial charge in [0, 0.05) is 31.1 Å². The Morgan fingerprint density at radius 1 is 1.08 bits per heavy atom. The van der Waals surface area contributed by atoms with Gasteiger partial charge in [0.15, 0.2) is 0 Å². The van der Waals surface area contributed by atoms with Crippen LogP contribution >= 0.6 is 11.8 Å². The molecular weight excluding hydrogens is 336 g/mol. The number of carbonyl (C=O) groups is 2. The maximum atomic E-state index is 12.0. The van der Waals surface area contributed by atoms with E-state index in [9.17, 15) is 14.7 Å². The van der Waals surface area contributed by atoms with Crippen LogP contribution in [0.15, 0.2) is 54.6 Å². The summed E-state index contributed by atoms with van der Waals surface area (Å²) in [5.41, 5.74) is 2.06. The normalized spacial score (nSPS) is 11.6. The summed E-state index contributed by atoms with van der Waals surface area (Å²) in [6.07, 6.45) is -0.588. The Kier molecular flexibility index (Phi) is 7.03. The van der Waals surface area contributed by atoms with E-state index in [2.05, 4.69) is 5.32 Å². The fourth-order valence-electron chi connectivity index (χ4n) is 2.19. The van der Waals surface area contributed by atoms with Gasteiger partial charge in [-0.1, -0.05) is 30.3 Å². The van der Waals surface area contributed by atoms with Gasteiger partial charge in [-0.2, -0.15) is 0 Å². The van der Waals surface area contributed by atoms with Crippen molar-refractivity contribution in [3.8, 4) is 0 Å². The number of amides is 2. The molecule has 0 aromatic heterocycles. The molecule has 5 nitrogen and oxygen atoms in total. The highest BCUT2D eigenvalue weighted by Crippen LogP contribution is 2.18. The van der Waals surface area contributed by atoms with E-state index in [1.807, 2.05) is 30.3 Å². The second-order valence-corrected chi connectivity index (χ2v) is 6.80. The van der Waals surface area contributed by atoms with Crippen molar-refractivity contribution in [3.63, 3.8) is 0 Å². The van der Waals surface area contributed by atoms with E-state index in [0.717, 1.165) is 5.56 Å². The molecule has 0 spiro atoms. The molecule has 0 saturated heterocycles. The summed E-state index contributed by atoms with van der Waals surface area (Å²) >= 11 is 1.37. The molecule has 1 atom stereocenters. The number of anilines is 1. The number of benzene rings is 2. The van der Waals surface area contributed by atoms with Crippen molar-refractivity contribution in [2.45, 2.75) is 6.10 Å². The molecule has 0 heterocycles. The third-order valence-corrected chi connectivity index (χ3v) is 4.53. The molecule has 2 N–H and O–H groups in total. The van der Waals surface area contributed by atoms with Crippen LogP contribution in [0.3, 0.4) is 0 Å². The van der Waals surface area contributed by atoms with E-state index in [1.165, 1.54) is 16.7 Å². The monoisotopic (exact) mass is 358 g/mol. The molecule has 0 aliphatic rings. The van der Waals surface area contributed by atoms with Gasteiger partial charge in [-0.15, -0.1) is 11.8 Å². The van der Waals surface area contributed by atoms with E-state index < -0.39 is 6.10 Å². The summed E-state index contributed by atoms with van der Waals surface area (Å²) in [6, 6.07) is 16.2. The molecule has 0 aliphatic heterocycles. The summed E-state index contributed by atoms with van der Waals surface area (Å²) < 4.78 is 0. The first-order valence-corrected chi connectivity index (χ1v) is 9.05. The molecule has 2 rings (SSSR count). The number of nitrogens with one attached hydrogen (secondary N) is 1. The fourth-order valence-corrected chi connectivity index (χ4v) is 2.98. The minimum atomic E-state index is -0.588. The molecule has 25 heavy (non-hydrogen) atoms. The average Bonchev–Trinajstić information content (AvgIpc) is 2.62. The summed E-state index contributed by atoms with van der Waals surface area (Å²) in [5, 5.41) is 12.8. The van der Waals surface area contributed by atoms with Gasteiger partial charge in [0.25, 0.3) is 5.91 Å². The second kappa shape index (κ2) is 9.25. The number of thioether (sulfide) groups is 1. The van der Waals surface area contributed by atoms with Crippen LogP contribution in [0, 0.1) is 0 Å². The topological polar surface area (TPSA) is 69.6 Å². The Hall–Kier alpha value is -2.31. The number of nitrogens with zero attached hydrogens (tertiary/aromatic N) is 1. The molecule has 2 amide bonds. The zero-order valence-electron chi connectivity index (χ0n) is 14.3. The SMILES string of the molecule is CN(C)C(=O)c1ccc(NC(=O)CSC[C@H](O)c2ccccc2)cc1. The van der Waals surface area contributed by atoms with Gasteiger partial charge in [-0.3, -0.25) is 9.59 Å². The van der Waals surface area contributed by atoms with Crippen molar-refractivity contribution in [1.29, 1.82) is 0 Å². The third-order valence-electron chi connectivity index (χ3n) is 3.52. The molecule has 6 heteroatoms. The number of hydrogen-bond acceptors (Lipinski definition) is 4. The quantitative estimate of drug-likeness (QED) is 0.798. The first kappa shape index (κ1) is 19.0. The molecule has 132 valence electrons. The molecule has 0 saturated carbocycles. The summed E-state index contributed by atoms with van der Waals surface area (Å²) in [6.45, 7) is 0. The van der Waals surface area contributed by atoms with Crippen LogP contribution in [0.5, 0.6) is 0 Å². The number of aliphatic hydroxyl groups is 1. The highest BCUT2D eigenvalue weighted by atomic mass is 32.2. The van der Waals surface area contributed by atoms with E-state index in [0.29, 0.717) is 17.0 Å². The van der Waals surface area contributed by atoms with E-state index in [1.54, 1.807) is 38.4 Å². The highest BCUT2D eigenvalue weighted by Gasteiger charge is 2.10. The molecular formula is C19H22N2O3S. The van der Waals surface area contributed by atoms with Gasteiger partial charge in [-0.05, 0) is 29.8 Å². The van der Waals surface area contributed by atoms with Crippen LogP contribution < -0.4 is 5.32 Å². The first-order valence-electron chi connectivity index (χ1n) is 7.89. The summed E-state index contributed by atoms with van der Waals surface area (Å²) in [7, 11) is 3.39. The lowest BCUT2D eigenvalue weighted by Crippen LogP contribution is -2.21. The molecule has 2 aromatic carbocycles. The lowest BCUT2D eigenvalue weighted by molar-refractivity contribution is -0.113. The Labute approximate surface area is 152 Å². The summed E-state index contributed by atoms with van der Waals surface area (Å²) in [4.78, 5) is 25.3. The van der Waals surface area contributed by atoms with Crippen LogP contribution in [0.2, 0.25) is 0 Å². The van der Waals surface area contributed by atoms with E-state index in [-0.39, 0.29) is 17.6 Å². The van der Waals surface area contributed by atoms with Gasteiger partial charge in [0.05, 0.1) is 11.9 Å². The van der Waals surface area contributed by atoms with Crippen LogP contribution in [-0.2, 0) is 4.79 Å². The third kappa shape index (κ3) is 5.92. The number of aliphatic hydroxyl groups excluding tert-OH is 1. The van der Waals surface area contributed by atoms with Crippen molar-refractivity contribution in [2.24, 2.45) is 0 Å². The number of hydrogen-bond donors (Lipinski definition) is 2. The highest BCUT2D eigenvalue weighted by molar-refractivity contribution is 7.99. The fraction of sp³-hybridized carbons (Fsp3) is 0.263. The smallest absolute Gasteiger partial charge is 0.253 e. The first-order chi connectivity index (χ1) is 12.0. The maximum Gasteiger partial charge on any atom is 0.253 e. The Morgan fingerprint density at radius 2 is 1.72 bits per heavy atom. The Balaban J connectivity index is 1.77. The van der Waals surface area contributed by atoms with Crippen molar-refractivity contribution >= 4 is 29.3 Å². The van der Waals surface area contributed by atoms with Crippen LogP contribution in [-0.4, -0.2) is 47.4 Å². The van der Waals surface area contributed by atoms with E-state index in [4.69, 9.17) is 0 Å². The van der Waals surface area contributed by atoms with Gasteiger partial charge >= 0.3 is 0 Å². The molecule has 0 unspecified atom stereocenters. The van der Waals surface area contributed by atoms with Gasteiger partial charge < -0.3 is 15.3 Å². The Bertz CT molecular complexity index is 702. The largest absolute Gasteiger partial charge is 0.388 e. The zero-order valence-corrected chi connectivity index (χ0v) is 15.1. The minimum Gasteiger partial charge on any atom is -0.388 e. The van der Waals surface area contributed by atoms with Crippen molar-refractivity contribution in [1.82, 2.24) is 4.90 Å². The van der Waals surface area contributed by atoms with E-state index >= 15 is 0 Å². The minimum absolute atomic E-state index is 0.0802. The molecule has 0 aliphatic carbocycles. The van der Waals surface area contributed by atoms with Gasteiger partial charge in [0.1, 0.15) is 0 Å². The predicted octanol–water partition coefficient (Wildman–Crippen LogP) is 2.79. The Morgan fingerprint density at radius 3 is 2.32 bits per heavy atom. The lowest BCUT2D eigenvalue weighted by Gasteiger charge is -2.12. The van der Waals surface area contributed by atoms with Crippen LogP contribution in [0.4, 0.5) is 5.69 Å². The molecule has 0 bridgehead atoms. The molecule has 0 radical (unpaired) electrons. The summed E-state index contributed by atoms with van der Waals surface area (Å²) in [5.74, 6) is 0.482. The second-order valence-electron chi connectivity index (χ2n) is 5.77. The molecule has 0 fully saturated rings. The van der Waals surface area contributed by atoms with Crippen molar-refractivity contribution in [3.05, 3.63) is 65.7 Å². The predicted molar refractivity (Wildman–Crippen MR) is 102 cm³/mol. The maximum absolute atomic E-state index is 12.0. The standard InChI is InChI=1S/C19H22N2O3S/c1-21(2)19(24)15-8-10-16(11-9-15)20-18(23)13-25-12-17(22)14-6-4-3-5-7-14/h3-11,17,22H,12-13H2,1-2H3,(H,20,23)/t17-/m0/s1. The van der Waals surface area contributed by atoms with Crippen molar-refractivity contribution < 1.29 is 14.7 Å². The van der Waals surface area contributed by atoms with Crippen LogP contribution in [0.1, 0.15) is 22.0 Å². The lowest BCUT2D eigenvalue weighted by atomic mass is 10.1. The average molecular weight is 358 g/mol.